The van der Waals surface area contributed by atoms with E-state index in [0.29, 0.717) is 17.7 Å². The van der Waals surface area contributed by atoms with Crippen molar-refractivity contribution in [2.45, 2.75) is 76.8 Å². The van der Waals surface area contributed by atoms with E-state index in [9.17, 15) is 10.1 Å². The summed E-state index contributed by atoms with van der Waals surface area (Å²) in [5.74, 6) is 0.872. The van der Waals surface area contributed by atoms with Gasteiger partial charge in [0.15, 0.2) is 0 Å². The first kappa shape index (κ1) is 16.9. The number of aromatic nitrogens is 2. The summed E-state index contributed by atoms with van der Waals surface area (Å²) in [4.78, 5) is 22.1. The SMILES string of the molecule is CCC1CCCCN1c1ncnc(NC2CCCCC2)c1[N+](=O)[O-]. The van der Waals surface area contributed by atoms with E-state index in [2.05, 4.69) is 27.1 Å². The van der Waals surface area contributed by atoms with Gasteiger partial charge in [0, 0.05) is 18.6 Å². The highest BCUT2D eigenvalue weighted by Gasteiger charge is 2.32. The van der Waals surface area contributed by atoms with Crippen molar-refractivity contribution in [3.8, 4) is 0 Å². The van der Waals surface area contributed by atoms with Crippen molar-refractivity contribution in [3.63, 3.8) is 0 Å². The van der Waals surface area contributed by atoms with Crippen LogP contribution in [-0.2, 0) is 0 Å². The first-order chi connectivity index (χ1) is 11.7. The van der Waals surface area contributed by atoms with Gasteiger partial charge in [-0.15, -0.1) is 0 Å². The maximum absolute atomic E-state index is 11.8. The van der Waals surface area contributed by atoms with Gasteiger partial charge >= 0.3 is 5.69 Å². The second kappa shape index (κ2) is 7.77. The maximum atomic E-state index is 11.8. The fourth-order valence-electron chi connectivity index (χ4n) is 4.00. The Kier molecular flexibility index (Phi) is 5.48. The first-order valence-electron chi connectivity index (χ1n) is 9.23. The third kappa shape index (κ3) is 3.60. The van der Waals surface area contributed by atoms with Gasteiger partial charge in [-0.3, -0.25) is 10.1 Å². The van der Waals surface area contributed by atoms with Crippen LogP contribution in [0.2, 0.25) is 0 Å². The third-order valence-electron chi connectivity index (χ3n) is 5.30. The molecule has 132 valence electrons. The summed E-state index contributed by atoms with van der Waals surface area (Å²) in [6.45, 7) is 2.97. The molecule has 0 spiro atoms. The van der Waals surface area contributed by atoms with E-state index in [0.717, 1.165) is 38.6 Å². The number of piperidine rings is 1. The summed E-state index contributed by atoms with van der Waals surface area (Å²) in [5, 5.41) is 15.1. The zero-order valence-corrected chi connectivity index (χ0v) is 14.4. The summed E-state index contributed by atoms with van der Waals surface area (Å²) in [6, 6.07) is 0.610. The monoisotopic (exact) mass is 333 g/mol. The Bertz CT molecular complexity index is 574. The first-order valence-corrected chi connectivity index (χ1v) is 9.23. The van der Waals surface area contributed by atoms with Gasteiger partial charge in [-0.1, -0.05) is 26.2 Å². The predicted molar refractivity (Wildman–Crippen MR) is 94.5 cm³/mol. The largest absolute Gasteiger partial charge is 0.361 e. The second-order valence-electron chi connectivity index (χ2n) is 6.88. The number of hydrogen-bond donors (Lipinski definition) is 1. The molecule has 2 fully saturated rings. The zero-order chi connectivity index (χ0) is 16.9. The van der Waals surface area contributed by atoms with Crippen LogP contribution in [0.15, 0.2) is 6.33 Å². The minimum absolute atomic E-state index is 0.0448. The molecule has 7 heteroatoms. The minimum Gasteiger partial charge on any atom is -0.361 e. The van der Waals surface area contributed by atoms with Gasteiger partial charge in [0.1, 0.15) is 6.33 Å². The molecule has 2 aliphatic rings. The molecule has 0 amide bonds. The highest BCUT2D eigenvalue weighted by atomic mass is 16.6. The lowest BCUT2D eigenvalue weighted by molar-refractivity contribution is -0.383. The molecule has 0 bridgehead atoms. The van der Waals surface area contributed by atoms with Gasteiger partial charge < -0.3 is 10.2 Å². The average molecular weight is 333 g/mol. The van der Waals surface area contributed by atoms with Crippen molar-refractivity contribution in [2.24, 2.45) is 0 Å². The molecule has 0 aromatic carbocycles. The second-order valence-corrected chi connectivity index (χ2v) is 6.88. The smallest absolute Gasteiger partial charge is 0.353 e. The molecule has 24 heavy (non-hydrogen) atoms. The van der Waals surface area contributed by atoms with Gasteiger partial charge in [-0.05, 0) is 38.5 Å². The molecule has 1 unspecified atom stereocenters. The molecule has 2 heterocycles. The average Bonchev–Trinajstić information content (AvgIpc) is 2.62. The summed E-state index contributed by atoms with van der Waals surface area (Å²) < 4.78 is 0. The van der Waals surface area contributed by atoms with E-state index in [1.807, 2.05) is 0 Å². The van der Waals surface area contributed by atoms with Crippen molar-refractivity contribution in [1.82, 2.24) is 9.97 Å². The Labute approximate surface area is 143 Å². The Morgan fingerprint density at radius 2 is 1.96 bits per heavy atom. The Balaban J connectivity index is 1.91. The number of anilines is 2. The lowest BCUT2D eigenvalue weighted by Gasteiger charge is -2.35. The molecule has 1 aromatic rings. The Morgan fingerprint density at radius 1 is 1.21 bits per heavy atom. The minimum atomic E-state index is -0.318. The standard InChI is InChI=1S/C17H27N5O2/c1-2-14-10-6-7-11-21(14)17-15(22(23)24)16(18-12-19-17)20-13-8-4-3-5-9-13/h12-14H,2-11H2,1H3,(H,18,19,20). The number of nitrogens with one attached hydrogen (secondary N) is 1. The summed E-state index contributed by atoms with van der Waals surface area (Å²) in [6.07, 6.45) is 11.5. The lowest BCUT2D eigenvalue weighted by atomic mass is 9.95. The van der Waals surface area contributed by atoms with Crippen LogP contribution in [0.25, 0.3) is 0 Å². The lowest BCUT2D eigenvalue weighted by Crippen LogP contribution is -2.40. The highest BCUT2D eigenvalue weighted by Crippen LogP contribution is 2.36. The van der Waals surface area contributed by atoms with Crippen molar-refractivity contribution < 1.29 is 4.92 Å². The van der Waals surface area contributed by atoms with Crippen LogP contribution in [0.3, 0.4) is 0 Å². The molecule has 1 N–H and O–H groups in total. The quantitative estimate of drug-likeness (QED) is 0.650. The van der Waals surface area contributed by atoms with Crippen LogP contribution in [0, 0.1) is 10.1 Å². The van der Waals surface area contributed by atoms with Gasteiger partial charge in [-0.25, -0.2) is 9.97 Å². The third-order valence-corrected chi connectivity index (χ3v) is 5.30. The van der Waals surface area contributed by atoms with Crippen LogP contribution >= 0.6 is 0 Å². The normalized spacial score (nSPS) is 22.4. The molecule has 7 nitrogen and oxygen atoms in total. The summed E-state index contributed by atoms with van der Waals surface area (Å²) >= 11 is 0. The molecular weight excluding hydrogens is 306 g/mol. The van der Waals surface area contributed by atoms with Gasteiger partial charge in [0.2, 0.25) is 11.6 Å². The van der Waals surface area contributed by atoms with Crippen molar-refractivity contribution >= 4 is 17.3 Å². The van der Waals surface area contributed by atoms with Crippen LogP contribution in [-0.4, -0.2) is 33.5 Å². The van der Waals surface area contributed by atoms with Crippen LogP contribution in [0.1, 0.15) is 64.7 Å². The van der Waals surface area contributed by atoms with Crippen molar-refractivity contribution in [1.29, 1.82) is 0 Å². The number of nitrogens with zero attached hydrogens (tertiary/aromatic N) is 4. The van der Waals surface area contributed by atoms with Gasteiger partial charge in [-0.2, -0.15) is 0 Å². The number of rotatable bonds is 5. The van der Waals surface area contributed by atoms with Gasteiger partial charge in [0.25, 0.3) is 0 Å². The molecule has 1 aromatic heterocycles. The zero-order valence-electron chi connectivity index (χ0n) is 14.4. The topological polar surface area (TPSA) is 84.2 Å². The Hall–Kier alpha value is -1.92. The highest BCUT2D eigenvalue weighted by molar-refractivity contribution is 5.71. The fourth-order valence-corrected chi connectivity index (χ4v) is 4.00. The van der Waals surface area contributed by atoms with E-state index in [-0.39, 0.29) is 16.7 Å². The molecule has 0 radical (unpaired) electrons. The number of hydrogen-bond acceptors (Lipinski definition) is 6. The molecule has 1 atom stereocenters. The van der Waals surface area contributed by atoms with E-state index in [1.54, 1.807) is 0 Å². The van der Waals surface area contributed by atoms with Crippen molar-refractivity contribution in [3.05, 3.63) is 16.4 Å². The number of nitro groups is 1. The molecule has 1 saturated carbocycles. The molecule has 1 aliphatic heterocycles. The van der Waals surface area contributed by atoms with E-state index in [1.165, 1.54) is 32.0 Å². The molecule has 1 aliphatic carbocycles. The Morgan fingerprint density at radius 3 is 2.67 bits per heavy atom. The predicted octanol–water partition coefficient (Wildman–Crippen LogP) is 3.90. The maximum Gasteiger partial charge on any atom is 0.353 e. The fraction of sp³-hybridized carbons (Fsp3) is 0.765. The molecule has 1 saturated heterocycles. The van der Waals surface area contributed by atoms with Crippen molar-refractivity contribution in [2.75, 3.05) is 16.8 Å². The molecular formula is C17H27N5O2. The summed E-state index contributed by atoms with van der Waals surface area (Å²) in [5.41, 5.74) is 0.0448. The van der Waals surface area contributed by atoms with Gasteiger partial charge in [0.05, 0.1) is 4.92 Å². The van der Waals surface area contributed by atoms with Crippen LogP contribution in [0.5, 0.6) is 0 Å². The molecule has 3 rings (SSSR count). The van der Waals surface area contributed by atoms with E-state index in [4.69, 9.17) is 0 Å². The van der Waals surface area contributed by atoms with Crippen LogP contribution < -0.4 is 10.2 Å². The van der Waals surface area contributed by atoms with E-state index < -0.39 is 0 Å². The van der Waals surface area contributed by atoms with Crippen LogP contribution in [0.4, 0.5) is 17.3 Å². The van der Waals surface area contributed by atoms with E-state index >= 15 is 0 Å². The summed E-state index contributed by atoms with van der Waals surface area (Å²) in [7, 11) is 0.